The van der Waals surface area contributed by atoms with Crippen molar-refractivity contribution < 1.29 is 4.52 Å². The summed E-state index contributed by atoms with van der Waals surface area (Å²) in [5, 5.41) is 7.36. The number of nitrogens with zero attached hydrogens (tertiary/aromatic N) is 3. The lowest BCUT2D eigenvalue weighted by atomic mass is 10.2. The van der Waals surface area contributed by atoms with Crippen LogP contribution < -0.4 is 5.32 Å². The van der Waals surface area contributed by atoms with E-state index in [0.29, 0.717) is 17.8 Å². The molecule has 2 aromatic rings. The summed E-state index contributed by atoms with van der Waals surface area (Å²) < 4.78 is 5.27. The van der Waals surface area contributed by atoms with Crippen molar-refractivity contribution in [1.82, 2.24) is 20.4 Å². The van der Waals surface area contributed by atoms with Crippen LogP contribution in [0, 0.1) is 6.92 Å². The summed E-state index contributed by atoms with van der Waals surface area (Å²) in [6, 6.07) is 4.35. The van der Waals surface area contributed by atoms with Gasteiger partial charge in [-0.15, -0.1) is 0 Å². The van der Waals surface area contributed by atoms with Gasteiger partial charge in [-0.3, -0.25) is 4.98 Å². The summed E-state index contributed by atoms with van der Waals surface area (Å²) in [5.74, 6) is 1.24. The minimum absolute atomic E-state index is 0.455. The van der Waals surface area contributed by atoms with Crippen LogP contribution in [0.2, 0.25) is 0 Å². The molecule has 0 aliphatic carbocycles. The largest absolute Gasteiger partial charge is 0.339 e. The van der Waals surface area contributed by atoms with Crippen LogP contribution in [-0.2, 0) is 6.42 Å². The zero-order valence-corrected chi connectivity index (χ0v) is 11.7. The zero-order valence-electron chi connectivity index (χ0n) is 11.7. The number of hydrogen-bond acceptors (Lipinski definition) is 5. The molecule has 0 radical (unpaired) electrons. The second-order valence-corrected chi connectivity index (χ2v) is 4.68. The van der Waals surface area contributed by atoms with Crippen LogP contribution >= 0.6 is 0 Å². The van der Waals surface area contributed by atoms with Crippen LogP contribution in [0.15, 0.2) is 22.9 Å². The Kier molecular flexibility index (Phi) is 4.63. The number of nitrogens with one attached hydrogen (secondary N) is 1. The van der Waals surface area contributed by atoms with Crippen LogP contribution in [0.5, 0.6) is 0 Å². The Bertz CT molecular complexity index is 524. The average Bonchev–Trinajstić information content (AvgIpc) is 2.86. The van der Waals surface area contributed by atoms with Crippen molar-refractivity contribution in [2.75, 3.05) is 6.54 Å². The van der Waals surface area contributed by atoms with Crippen molar-refractivity contribution in [2.45, 2.75) is 39.7 Å². The van der Waals surface area contributed by atoms with Gasteiger partial charge in [0.15, 0.2) is 0 Å². The third-order valence-corrected chi connectivity index (χ3v) is 3.03. The molecule has 0 aliphatic heterocycles. The van der Waals surface area contributed by atoms with E-state index in [1.165, 1.54) is 0 Å². The number of pyridine rings is 1. The first-order valence-corrected chi connectivity index (χ1v) is 6.68. The predicted octanol–water partition coefficient (Wildman–Crippen LogP) is 2.37. The summed E-state index contributed by atoms with van der Waals surface area (Å²) in [6.45, 7) is 7.23. The third-order valence-electron chi connectivity index (χ3n) is 3.03. The molecule has 2 aromatic heterocycles. The van der Waals surface area contributed by atoms with Crippen molar-refractivity contribution in [3.8, 4) is 11.5 Å². The first kappa shape index (κ1) is 13.7. The molecule has 102 valence electrons. The van der Waals surface area contributed by atoms with Gasteiger partial charge in [-0.05, 0) is 38.4 Å². The van der Waals surface area contributed by atoms with E-state index < -0.39 is 0 Å². The number of hydrogen-bond donors (Lipinski definition) is 1. The van der Waals surface area contributed by atoms with Crippen LogP contribution in [0.1, 0.15) is 31.7 Å². The topological polar surface area (TPSA) is 63.8 Å². The minimum atomic E-state index is 0.455. The SMILES string of the molecule is CCNC(C)CCc1nc(-c2ncccc2C)no1. The zero-order chi connectivity index (χ0) is 13.7. The highest BCUT2D eigenvalue weighted by molar-refractivity contribution is 5.52. The molecule has 0 aromatic carbocycles. The van der Waals surface area contributed by atoms with Crippen molar-refractivity contribution in [1.29, 1.82) is 0 Å². The molecule has 2 rings (SSSR count). The van der Waals surface area contributed by atoms with Gasteiger partial charge in [0.25, 0.3) is 0 Å². The molecular weight excluding hydrogens is 240 g/mol. The molecule has 19 heavy (non-hydrogen) atoms. The molecule has 5 nitrogen and oxygen atoms in total. The Hall–Kier alpha value is -1.75. The molecular formula is C14H20N4O. The average molecular weight is 260 g/mol. The van der Waals surface area contributed by atoms with E-state index in [4.69, 9.17) is 4.52 Å². The van der Waals surface area contributed by atoms with Gasteiger partial charge in [-0.25, -0.2) is 0 Å². The van der Waals surface area contributed by atoms with Crippen molar-refractivity contribution in [3.63, 3.8) is 0 Å². The number of aromatic nitrogens is 3. The van der Waals surface area contributed by atoms with E-state index >= 15 is 0 Å². The Balaban J connectivity index is 2.02. The quantitative estimate of drug-likeness (QED) is 0.863. The molecule has 0 saturated heterocycles. The van der Waals surface area contributed by atoms with Crippen LogP contribution in [-0.4, -0.2) is 27.7 Å². The van der Waals surface area contributed by atoms with E-state index in [9.17, 15) is 0 Å². The lowest BCUT2D eigenvalue weighted by Gasteiger charge is -2.09. The molecule has 2 heterocycles. The summed E-state index contributed by atoms with van der Waals surface area (Å²) in [7, 11) is 0. The first-order valence-electron chi connectivity index (χ1n) is 6.68. The molecule has 1 N–H and O–H groups in total. The van der Waals surface area contributed by atoms with Gasteiger partial charge in [-0.2, -0.15) is 4.98 Å². The highest BCUT2D eigenvalue weighted by Crippen LogP contribution is 2.17. The second-order valence-electron chi connectivity index (χ2n) is 4.68. The first-order chi connectivity index (χ1) is 9.20. The Labute approximate surface area is 113 Å². The fraction of sp³-hybridized carbons (Fsp3) is 0.500. The number of aryl methyl sites for hydroxylation is 2. The van der Waals surface area contributed by atoms with Crippen LogP contribution in [0.4, 0.5) is 0 Å². The van der Waals surface area contributed by atoms with Gasteiger partial charge < -0.3 is 9.84 Å². The molecule has 0 spiro atoms. The maximum absolute atomic E-state index is 5.27. The van der Waals surface area contributed by atoms with E-state index in [-0.39, 0.29) is 0 Å². The second kappa shape index (κ2) is 6.43. The maximum atomic E-state index is 5.27. The van der Waals surface area contributed by atoms with Crippen molar-refractivity contribution in [2.24, 2.45) is 0 Å². The fourth-order valence-corrected chi connectivity index (χ4v) is 1.96. The van der Waals surface area contributed by atoms with E-state index in [1.807, 2.05) is 19.1 Å². The van der Waals surface area contributed by atoms with Crippen LogP contribution in [0.25, 0.3) is 11.5 Å². The molecule has 0 amide bonds. The molecule has 0 bridgehead atoms. The van der Waals surface area contributed by atoms with Crippen molar-refractivity contribution in [3.05, 3.63) is 29.8 Å². The molecule has 0 saturated carbocycles. The summed E-state index contributed by atoms with van der Waals surface area (Å²) in [6.07, 6.45) is 3.51. The van der Waals surface area contributed by atoms with Gasteiger partial charge in [-0.1, -0.05) is 18.1 Å². The highest BCUT2D eigenvalue weighted by Gasteiger charge is 2.12. The smallest absolute Gasteiger partial charge is 0.227 e. The summed E-state index contributed by atoms with van der Waals surface area (Å²) >= 11 is 0. The van der Waals surface area contributed by atoms with Gasteiger partial charge in [0.1, 0.15) is 5.69 Å². The van der Waals surface area contributed by atoms with E-state index in [2.05, 4.69) is 34.3 Å². The highest BCUT2D eigenvalue weighted by atomic mass is 16.5. The van der Waals surface area contributed by atoms with Gasteiger partial charge in [0, 0.05) is 18.7 Å². The lowest BCUT2D eigenvalue weighted by Crippen LogP contribution is -2.25. The van der Waals surface area contributed by atoms with Crippen molar-refractivity contribution >= 4 is 0 Å². The minimum Gasteiger partial charge on any atom is -0.339 e. The maximum Gasteiger partial charge on any atom is 0.227 e. The molecule has 1 atom stereocenters. The molecule has 0 fully saturated rings. The molecule has 0 aliphatic rings. The van der Waals surface area contributed by atoms with Crippen LogP contribution in [0.3, 0.4) is 0 Å². The third kappa shape index (κ3) is 3.61. The summed E-state index contributed by atoms with van der Waals surface area (Å²) in [5.41, 5.74) is 1.84. The van der Waals surface area contributed by atoms with Gasteiger partial charge in [0.05, 0.1) is 0 Å². The lowest BCUT2D eigenvalue weighted by molar-refractivity contribution is 0.368. The Morgan fingerprint density at radius 3 is 3.00 bits per heavy atom. The van der Waals surface area contributed by atoms with Gasteiger partial charge in [0.2, 0.25) is 11.7 Å². The van der Waals surface area contributed by atoms with Gasteiger partial charge >= 0.3 is 0 Å². The predicted molar refractivity (Wildman–Crippen MR) is 73.7 cm³/mol. The monoisotopic (exact) mass is 260 g/mol. The van der Waals surface area contributed by atoms with E-state index in [1.54, 1.807) is 6.20 Å². The Morgan fingerprint density at radius 1 is 1.42 bits per heavy atom. The van der Waals surface area contributed by atoms with E-state index in [0.717, 1.165) is 30.6 Å². The Morgan fingerprint density at radius 2 is 2.26 bits per heavy atom. The number of rotatable bonds is 6. The summed E-state index contributed by atoms with van der Waals surface area (Å²) in [4.78, 5) is 8.69. The molecule has 5 heteroatoms. The standard InChI is InChI=1S/C14H20N4O/c1-4-15-11(3)7-8-12-17-14(18-19-12)13-10(2)6-5-9-16-13/h5-6,9,11,15H,4,7-8H2,1-3H3. The normalized spacial score (nSPS) is 12.6. The molecule has 1 unspecified atom stereocenters. The fourth-order valence-electron chi connectivity index (χ4n) is 1.96.